The zero-order valence-corrected chi connectivity index (χ0v) is 16.7. The van der Waals surface area contributed by atoms with E-state index in [9.17, 15) is 0 Å². The van der Waals surface area contributed by atoms with Crippen molar-refractivity contribution in [2.24, 2.45) is 0 Å². The molecular formula is C22H40N2. The lowest BCUT2D eigenvalue weighted by Gasteiger charge is -2.28. The second-order valence-electron chi connectivity index (χ2n) is 6.90. The number of hydrogen-bond acceptors (Lipinski definition) is 2. The van der Waals surface area contributed by atoms with Crippen LogP contribution in [0.1, 0.15) is 79.1 Å². The van der Waals surface area contributed by atoms with Gasteiger partial charge in [-0.2, -0.15) is 0 Å². The third kappa shape index (κ3) is 7.59. The molecule has 0 heterocycles. The Morgan fingerprint density at radius 3 is 0.958 bits per heavy atom. The maximum absolute atomic E-state index is 2.57. The number of rotatable bonds is 14. The molecule has 0 atom stereocenters. The predicted octanol–water partition coefficient (Wildman–Crippen LogP) is 6.50. The maximum Gasteiger partial charge on any atom is 0.0367 e. The Kier molecular flexibility index (Phi) is 11.4. The van der Waals surface area contributed by atoms with Crippen LogP contribution in [0.25, 0.3) is 0 Å². The van der Waals surface area contributed by atoms with Gasteiger partial charge >= 0.3 is 0 Å². The molecule has 0 unspecified atom stereocenters. The van der Waals surface area contributed by atoms with Crippen LogP contribution >= 0.6 is 0 Å². The van der Waals surface area contributed by atoms with Gasteiger partial charge < -0.3 is 9.80 Å². The van der Waals surface area contributed by atoms with Gasteiger partial charge in [0.2, 0.25) is 0 Å². The molecule has 1 aromatic carbocycles. The van der Waals surface area contributed by atoms with E-state index in [4.69, 9.17) is 0 Å². The summed E-state index contributed by atoms with van der Waals surface area (Å²) in [6.07, 6.45) is 10.2. The topological polar surface area (TPSA) is 6.48 Å². The van der Waals surface area contributed by atoms with Crippen molar-refractivity contribution in [3.63, 3.8) is 0 Å². The molecule has 0 aromatic heterocycles. The predicted molar refractivity (Wildman–Crippen MR) is 111 cm³/mol. The number of unbranched alkanes of at least 4 members (excludes halogenated alkanes) is 4. The largest absolute Gasteiger partial charge is 0.372 e. The summed E-state index contributed by atoms with van der Waals surface area (Å²) in [5.41, 5.74) is 2.79. The molecule has 0 aliphatic carbocycles. The van der Waals surface area contributed by atoms with E-state index in [0.717, 1.165) is 0 Å². The molecule has 138 valence electrons. The fourth-order valence-electron chi connectivity index (χ4n) is 3.01. The quantitative estimate of drug-likeness (QED) is 0.383. The van der Waals surface area contributed by atoms with Crippen molar-refractivity contribution in [2.45, 2.75) is 79.1 Å². The van der Waals surface area contributed by atoms with Gasteiger partial charge in [0, 0.05) is 37.6 Å². The molecular weight excluding hydrogens is 292 g/mol. The van der Waals surface area contributed by atoms with Gasteiger partial charge in [-0.1, -0.05) is 53.4 Å². The van der Waals surface area contributed by atoms with Gasteiger partial charge in [0.25, 0.3) is 0 Å². The van der Waals surface area contributed by atoms with Crippen LogP contribution in [0.15, 0.2) is 24.3 Å². The summed E-state index contributed by atoms with van der Waals surface area (Å²) in [7, 11) is 0. The lowest BCUT2D eigenvalue weighted by molar-refractivity contribution is 0.674. The van der Waals surface area contributed by atoms with Crippen LogP contribution < -0.4 is 9.80 Å². The van der Waals surface area contributed by atoms with Gasteiger partial charge in [0.15, 0.2) is 0 Å². The van der Waals surface area contributed by atoms with Gasteiger partial charge in [-0.25, -0.2) is 0 Å². The number of hydrogen-bond donors (Lipinski definition) is 0. The van der Waals surface area contributed by atoms with Crippen LogP contribution in [0.2, 0.25) is 0 Å². The minimum absolute atomic E-state index is 1.19. The average molecular weight is 333 g/mol. The van der Waals surface area contributed by atoms with E-state index in [1.54, 1.807) is 0 Å². The van der Waals surface area contributed by atoms with Gasteiger partial charge in [0.1, 0.15) is 0 Å². The van der Waals surface area contributed by atoms with E-state index < -0.39 is 0 Å². The summed E-state index contributed by atoms with van der Waals surface area (Å²) in [6, 6.07) is 9.36. The zero-order chi connectivity index (χ0) is 17.6. The van der Waals surface area contributed by atoms with E-state index in [0.29, 0.717) is 0 Å². The molecule has 0 fully saturated rings. The molecule has 0 N–H and O–H groups in total. The normalized spacial score (nSPS) is 10.8. The Hall–Kier alpha value is -1.18. The van der Waals surface area contributed by atoms with Gasteiger partial charge in [-0.15, -0.1) is 0 Å². The summed E-state index contributed by atoms with van der Waals surface area (Å²) in [5.74, 6) is 0. The summed E-state index contributed by atoms with van der Waals surface area (Å²) in [6.45, 7) is 13.9. The summed E-state index contributed by atoms with van der Waals surface area (Å²) in [5, 5.41) is 0. The molecule has 2 nitrogen and oxygen atoms in total. The molecule has 0 bridgehead atoms. The van der Waals surface area contributed by atoms with E-state index in [2.05, 4.69) is 61.8 Å². The highest BCUT2D eigenvalue weighted by molar-refractivity contribution is 5.56. The number of benzene rings is 1. The van der Waals surface area contributed by atoms with Crippen molar-refractivity contribution >= 4 is 11.4 Å². The number of nitrogens with zero attached hydrogens (tertiary/aromatic N) is 2. The fraction of sp³-hybridized carbons (Fsp3) is 0.727. The van der Waals surface area contributed by atoms with Gasteiger partial charge in [-0.05, 0) is 49.9 Å². The SMILES string of the molecule is CCCCN(CCCC)c1ccc(N(CCCC)CCCC)cc1. The van der Waals surface area contributed by atoms with Crippen molar-refractivity contribution < 1.29 is 0 Å². The minimum atomic E-state index is 1.19. The first-order chi connectivity index (χ1) is 11.8. The minimum Gasteiger partial charge on any atom is -0.372 e. The fourth-order valence-corrected chi connectivity index (χ4v) is 3.01. The standard InChI is InChI=1S/C22H40N2/c1-5-9-17-23(18-10-6-2)21-13-15-22(16-14-21)24(19-11-7-3)20-12-8-4/h13-16H,5-12,17-20H2,1-4H3. The van der Waals surface area contributed by atoms with E-state index >= 15 is 0 Å². The molecule has 0 aliphatic heterocycles. The van der Waals surface area contributed by atoms with Crippen molar-refractivity contribution in [1.82, 2.24) is 0 Å². The van der Waals surface area contributed by atoms with Crippen molar-refractivity contribution in [3.8, 4) is 0 Å². The second kappa shape index (κ2) is 13.1. The van der Waals surface area contributed by atoms with E-state index in [1.807, 2.05) is 0 Å². The highest BCUT2D eigenvalue weighted by Gasteiger charge is 2.09. The smallest absolute Gasteiger partial charge is 0.0367 e. The highest BCUT2D eigenvalue weighted by atomic mass is 15.1. The van der Waals surface area contributed by atoms with Crippen molar-refractivity contribution in [3.05, 3.63) is 24.3 Å². The molecule has 24 heavy (non-hydrogen) atoms. The average Bonchev–Trinajstić information content (AvgIpc) is 2.62. The molecule has 2 heteroatoms. The highest BCUT2D eigenvalue weighted by Crippen LogP contribution is 2.22. The van der Waals surface area contributed by atoms with Crippen LogP contribution in [-0.4, -0.2) is 26.2 Å². The summed E-state index contributed by atoms with van der Waals surface area (Å²) in [4.78, 5) is 5.14. The number of anilines is 2. The lowest BCUT2D eigenvalue weighted by atomic mass is 10.2. The monoisotopic (exact) mass is 332 g/mol. The molecule has 1 rings (SSSR count). The van der Waals surface area contributed by atoms with Gasteiger partial charge in [0.05, 0.1) is 0 Å². The Morgan fingerprint density at radius 1 is 0.500 bits per heavy atom. The molecule has 1 aromatic rings. The van der Waals surface area contributed by atoms with Crippen LogP contribution in [-0.2, 0) is 0 Å². The second-order valence-corrected chi connectivity index (χ2v) is 6.90. The molecule has 0 saturated heterocycles. The molecule has 0 saturated carbocycles. The van der Waals surface area contributed by atoms with E-state index in [1.165, 1.54) is 88.9 Å². The first-order valence-electron chi connectivity index (χ1n) is 10.4. The van der Waals surface area contributed by atoms with Gasteiger partial charge in [-0.3, -0.25) is 0 Å². The third-order valence-corrected chi connectivity index (χ3v) is 4.71. The summed E-state index contributed by atoms with van der Waals surface area (Å²) < 4.78 is 0. The van der Waals surface area contributed by atoms with Crippen LogP contribution in [0.3, 0.4) is 0 Å². The molecule has 0 amide bonds. The third-order valence-electron chi connectivity index (χ3n) is 4.71. The maximum atomic E-state index is 2.57. The van der Waals surface area contributed by atoms with Crippen molar-refractivity contribution in [2.75, 3.05) is 36.0 Å². The van der Waals surface area contributed by atoms with Crippen LogP contribution in [0.4, 0.5) is 11.4 Å². The Bertz CT molecular complexity index is 344. The van der Waals surface area contributed by atoms with Crippen molar-refractivity contribution in [1.29, 1.82) is 0 Å². The zero-order valence-electron chi connectivity index (χ0n) is 16.7. The molecule has 0 aliphatic rings. The lowest BCUT2D eigenvalue weighted by Crippen LogP contribution is -2.27. The van der Waals surface area contributed by atoms with Crippen LogP contribution in [0, 0.1) is 0 Å². The Morgan fingerprint density at radius 2 is 0.750 bits per heavy atom. The molecule has 0 radical (unpaired) electrons. The summed E-state index contributed by atoms with van der Waals surface area (Å²) >= 11 is 0. The Balaban J connectivity index is 2.77. The first-order valence-corrected chi connectivity index (χ1v) is 10.4. The van der Waals surface area contributed by atoms with E-state index in [-0.39, 0.29) is 0 Å². The first kappa shape index (κ1) is 20.9. The Labute approximate surface area is 151 Å². The molecule has 0 spiro atoms. The van der Waals surface area contributed by atoms with Crippen LogP contribution in [0.5, 0.6) is 0 Å².